The fraction of sp³-hybridized carbons (Fsp3) is 0.350. The first kappa shape index (κ1) is 21.1. The summed E-state index contributed by atoms with van der Waals surface area (Å²) in [5, 5.41) is 1.73. The Morgan fingerprint density at radius 1 is 1.07 bits per heavy atom. The first-order valence-corrected chi connectivity index (χ1v) is 10.1. The van der Waals surface area contributed by atoms with E-state index < -0.39 is 6.04 Å². The number of nitrogens with two attached hydrogens (primary N) is 1. The zero-order valence-electron chi connectivity index (χ0n) is 15.5. The minimum atomic E-state index is -0.647. The summed E-state index contributed by atoms with van der Waals surface area (Å²) in [5.74, 6) is 0.682. The molecule has 1 atom stereocenters. The summed E-state index contributed by atoms with van der Waals surface area (Å²) in [6.07, 6.45) is 0.372. The summed E-state index contributed by atoms with van der Waals surface area (Å²) in [6, 6.07) is 10.1. The molecule has 1 saturated heterocycles. The van der Waals surface area contributed by atoms with Gasteiger partial charge in [-0.2, -0.15) is 0 Å². The van der Waals surface area contributed by atoms with E-state index in [1.54, 1.807) is 36.3 Å². The second-order valence-electron chi connectivity index (χ2n) is 6.67. The molecule has 0 saturated carbocycles. The maximum Gasteiger partial charge on any atom is 0.239 e. The third-order valence-corrected chi connectivity index (χ3v) is 5.67. The highest BCUT2D eigenvalue weighted by atomic mass is 35.5. The van der Waals surface area contributed by atoms with Gasteiger partial charge in [0.15, 0.2) is 0 Å². The molecule has 0 radical (unpaired) electrons. The SMILES string of the molecule is COc1ccc(Cl)cc1N1CCN(C(=O)C(N)Cc2ccc(Cl)cc2Cl)CC1. The molecule has 1 amide bonds. The average molecular weight is 443 g/mol. The van der Waals surface area contributed by atoms with Crippen LogP contribution in [0.1, 0.15) is 5.56 Å². The number of piperazine rings is 1. The molecule has 28 heavy (non-hydrogen) atoms. The van der Waals surface area contributed by atoms with Crippen molar-refractivity contribution in [3.8, 4) is 5.75 Å². The molecule has 2 aromatic carbocycles. The molecule has 8 heteroatoms. The highest BCUT2D eigenvalue weighted by molar-refractivity contribution is 6.35. The summed E-state index contributed by atoms with van der Waals surface area (Å²) in [4.78, 5) is 16.7. The van der Waals surface area contributed by atoms with Crippen molar-refractivity contribution in [3.05, 3.63) is 57.0 Å². The van der Waals surface area contributed by atoms with Crippen LogP contribution in [0.5, 0.6) is 5.75 Å². The van der Waals surface area contributed by atoms with Gasteiger partial charge in [-0.25, -0.2) is 0 Å². The zero-order chi connectivity index (χ0) is 20.3. The fourth-order valence-corrected chi connectivity index (χ4v) is 3.98. The van der Waals surface area contributed by atoms with Crippen molar-refractivity contribution in [2.75, 3.05) is 38.2 Å². The molecule has 1 heterocycles. The molecule has 2 N–H and O–H groups in total. The van der Waals surface area contributed by atoms with E-state index in [1.165, 1.54) is 0 Å². The Kier molecular flexibility index (Phi) is 6.94. The Morgan fingerprint density at radius 2 is 1.71 bits per heavy atom. The maximum atomic E-state index is 12.8. The molecular formula is C20H22Cl3N3O2. The van der Waals surface area contributed by atoms with Gasteiger partial charge in [0.1, 0.15) is 5.75 Å². The van der Waals surface area contributed by atoms with Crippen molar-refractivity contribution >= 4 is 46.4 Å². The van der Waals surface area contributed by atoms with E-state index in [-0.39, 0.29) is 5.91 Å². The molecule has 0 aliphatic carbocycles. The Balaban J connectivity index is 1.61. The molecule has 5 nitrogen and oxygen atoms in total. The van der Waals surface area contributed by atoms with Crippen molar-refractivity contribution in [2.24, 2.45) is 5.73 Å². The number of benzene rings is 2. The van der Waals surface area contributed by atoms with Crippen LogP contribution in [-0.2, 0) is 11.2 Å². The molecule has 150 valence electrons. The van der Waals surface area contributed by atoms with Crippen LogP contribution in [0.3, 0.4) is 0 Å². The Labute approximate surface area is 179 Å². The summed E-state index contributed by atoms with van der Waals surface area (Å²) in [7, 11) is 1.63. The number of rotatable bonds is 5. The molecular weight excluding hydrogens is 421 g/mol. The number of halogens is 3. The minimum absolute atomic E-state index is 0.0799. The Hall–Kier alpha value is -1.66. The van der Waals surface area contributed by atoms with Gasteiger partial charge >= 0.3 is 0 Å². The van der Waals surface area contributed by atoms with E-state index in [4.69, 9.17) is 45.3 Å². The lowest BCUT2D eigenvalue weighted by atomic mass is 10.0. The van der Waals surface area contributed by atoms with Crippen LogP contribution >= 0.6 is 34.8 Å². The van der Waals surface area contributed by atoms with Gasteiger partial charge in [0.2, 0.25) is 5.91 Å². The normalized spacial score (nSPS) is 15.5. The molecule has 0 spiro atoms. The van der Waals surface area contributed by atoms with E-state index >= 15 is 0 Å². The predicted molar refractivity (Wildman–Crippen MR) is 115 cm³/mol. The van der Waals surface area contributed by atoms with Crippen LogP contribution in [0.4, 0.5) is 5.69 Å². The number of methoxy groups -OCH3 is 1. The molecule has 1 unspecified atom stereocenters. The van der Waals surface area contributed by atoms with Crippen molar-refractivity contribution in [3.63, 3.8) is 0 Å². The smallest absolute Gasteiger partial charge is 0.239 e. The van der Waals surface area contributed by atoms with Crippen molar-refractivity contribution in [1.29, 1.82) is 0 Å². The fourth-order valence-electron chi connectivity index (χ4n) is 3.32. The van der Waals surface area contributed by atoms with Crippen LogP contribution < -0.4 is 15.4 Å². The second-order valence-corrected chi connectivity index (χ2v) is 7.95. The van der Waals surface area contributed by atoms with Crippen LogP contribution in [0, 0.1) is 0 Å². The van der Waals surface area contributed by atoms with Gasteiger partial charge in [-0.05, 0) is 42.3 Å². The molecule has 0 aromatic heterocycles. The summed E-state index contributed by atoms with van der Waals surface area (Å²) < 4.78 is 5.43. The summed E-state index contributed by atoms with van der Waals surface area (Å²) in [5.41, 5.74) is 7.91. The summed E-state index contributed by atoms with van der Waals surface area (Å²) in [6.45, 7) is 2.51. The lowest BCUT2D eigenvalue weighted by Gasteiger charge is -2.37. The van der Waals surface area contributed by atoms with Crippen LogP contribution in [-0.4, -0.2) is 50.1 Å². The third-order valence-electron chi connectivity index (χ3n) is 4.85. The number of nitrogens with zero attached hydrogens (tertiary/aromatic N) is 2. The first-order valence-electron chi connectivity index (χ1n) is 8.96. The third kappa shape index (κ3) is 4.84. The van der Waals surface area contributed by atoms with Crippen LogP contribution in [0.25, 0.3) is 0 Å². The van der Waals surface area contributed by atoms with Crippen molar-refractivity contribution < 1.29 is 9.53 Å². The highest BCUT2D eigenvalue weighted by Gasteiger charge is 2.27. The van der Waals surface area contributed by atoms with Gasteiger partial charge in [0.25, 0.3) is 0 Å². The van der Waals surface area contributed by atoms with Crippen LogP contribution in [0.2, 0.25) is 15.1 Å². The second kappa shape index (κ2) is 9.23. The monoisotopic (exact) mass is 441 g/mol. The highest BCUT2D eigenvalue weighted by Crippen LogP contribution is 2.32. The molecule has 1 aliphatic rings. The lowest BCUT2D eigenvalue weighted by molar-refractivity contribution is -0.132. The zero-order valence-corrected chi connectivity index (χ0v) is 17.8. The predicted octanol–water partition coefficient (Wildman–Crippen LogP) is 3.87. The van der Waals surface area contributed by atoms with E-state index in [1.807, 2.05) is 12.1 Å². The van der Waals surface area contributed by atoms with Gasteiger partial charge in [-0.1, -0.05) is 40.9 Å². The number of carbonyl (C=O) groups is 1. The minimum Gasteiger partial charge on any atom is -0.495 e. The molecule has 1 fully saturated rings. The number of carbonyl (C=O) groups excluding carboxylic acids is 1. The topological polar surface area (TPSA) is 58.8 Å². The van der Waals surface area contributed by atoms with E-state index in [9.17, 15) is 4.79 Å². The molecule has 0 bridgehead atoms. The lowest BCUT2D eigenvalue weighted by Crippen LogP contribution is -2.53. The first-order chi connectivity index (χ1) is 13.4. The molecule has 3 rings (SSSR count). The summed E-state index contributed by atoms with van der Waals surface area (Å²) >= 11 is 18.2. The van der Waals surface area contributed by atoms with Gasteiger partial charge in [-0.15, -0.1) is 0 Å². The number of hydrogen-bond donors (Lipinski definition) is 1. The standard InChI is InChI=1S/C20H22Cl3N3O2/c1-28-19-5-4-15(22)12-18(19)25-6-8-26(9-7-25)20(27)17(24)10-13-2-3-14(21)11-16(13)23/h2-5,11-12,17H,6-10,24H2,1H3. The molecule has 2 aromatic rings. The van der Waals surface area contributed by atoms with E-state index in [0.717, 1.165) is 17.0 Å². The number of amides is 1. The Bertz CT molecular complexity index is 855. The average Bonchev–Trinajstić information content (AvgIpc) is 2.69. The molecule has 1 aliphatic heterocycles. The quantitative estimate of drug-likeness (QED) is 0.763. The van der Waals surface area contributed by atoms with Crippen molar-refractivity contribution in [1.82, 2.24) is 4.90 Å². The van der Waals surface area contributed by atoms with Crippen LogP contribution in [0.15, 0.2) is 36.4 Å². The van der Waals surface area contributed by atoms with Gasteiger partial charge in [-0.3, -0.25) is 4.79 Å². The number of anilines is 1. The number of ether oxygens (including phenoxy) is 1. The van der Waals surface area contributed by atoms with Gasteiger partial charge < -0.3 is 20.3 Å². The largest absolute Gasteiger partial charge is 0.495 e. The van der Waals surface area contributed by atoms with Gasteiger partial charge in [0.05, 0.1) is 18.8 Å². The maximum absolute atomic E-state index is 12.8. The number of hydrogen-bond acceptors (Lipinski definition) is 4. The van der Waals surface area contributed by atoms with E-state index in [0.29, 0.717) is 47.7 Å². The van der Waals surface area contributed by atoms with Crippen molar-refractivity contribution in [2.45, 2.75) is 12.5 Å². The van der Waals surface area contributed by atoms with E-state index in [2.05, 4.69) is 4.90 Å². The van der Waals surface area contributed by atoms with Gasteiger partial charge in [0, 0.05) is 41.2 Å². The Morgan fingerprint density at radius 3 is 2.36 bits per heavy atom.